The van der Waals surface area contributed by atoms with Gasteiger partial charge in [0.1, 0.15) is 11.4 Å². The molecule has 4 rings (SSSR count). The topological polar surface area (TPSA) is 175 Å². The number of hydrogen-bond donors (Lipinski definition) is 4. The number of nitrogen functional groups attached to an aromatic ring is 1. The number of aromatic hydroxyl groups is 1. The van der Waals surface area contributed by atoms with Crippen LogP contribution >= 0.6 is 0 Å². The number of hydrogen-bond acceptors (Lipinski definition) is 11. The monoisotopic (exact) mass is 464 g/mol. The summed E-state index contributed by atoms with van der Waals surface area (Å²) in [7, 11) is 2.95. The van der Waals surface area contributed by atoms with E-state index in [1.54, 1.807) is 36.4 Å². The number of carbonyl (C=O) groups is 1. The molecule has 0 atom stereocenters. The first-order valence-electron chi connectivity index (χ1n) is 9.74. The van der Waals surface area contributed by atoms with Gasteiger partial charge in [-0.05, 0) is 40.6 Å². The van der Waals surface area contributed by atoms with Gasteiger partial charge in [-0.2, -0.15) is 4.68 Å². The van der Waals surface area contributed by atoms with Gasteiger partial charge in [0.05, 0.1) is 19.9 Å². The van der Waals surface area contributed by atoms with Crippen molar-refractivity contribution in [1.29, 1.82) is 0 Å². The summed E-state index contributed by atoms with van der Waals surface area (Å²) in [4.78, 5) is 13.1. The van der Waals surface area contributed by atoms with Gasteiger partial charge in [0, 0.05) is 11.1 Å². The normalized spacial score (nSPS) is 10.5. The zero-order chi connectivity index (χ0) is 24.2. The molecule has 0 radical (unpaired) electrons. The van der Waals surface area contributed by atoms with Crippen LogP contribution in [-0.2, 0) is 0 Å². The number of methoxy groups -OCH3 is 2. The third kappa shape index (κ3) is 4.17. The van der Waals surface area contributed by atoms with Crippen LogP contribution in [0, 0.1) is 0 Å². The van der Waals surface area contributed by atoms with Crippen LogP contribution in [0.1, 0.15) is 16.1 Å². The van der Waals surface area contributed by atoms with Crippen molar-refractivity contribution >= 4 is 17.4 Å². The van der Waals surface area contributed by atoms with Crippen LogP contribution in [0.3, 0.4) is 0 Å². The first-order chi connectivity index (χ1) is 16.4. The molecule has 13 nitrogen and oxygen atoms in total. The lowest BCUT2D eigenvalue weighted by Crippen LogP contribution is -2.36. The fourth-order valence-electron chi connectivity index (χ4n) is 3.08. The number of hydrazine groups is 1. The average molecular weight is 464 g/mol. The highest BCUT2D eigenvalue weighted by atomic mass is 16.6. The maximum Gasteiger partial charge on any atom is 0.292 e. The quantitative estimate of drug-likeness (QED) is 0.278. The minimum absolute atomic E-state index is 0.0238. The van der Waals surface area contributed by atoms with Gasteiger partial charge in [-0.3, -0.25) is 15.6 Å². The molecule has 2 heterocycles. The van der Waals surface area contributed by atoms with Gasteiger partial charge in [0.2, 0.25) is 11.6 Å². The highest BCUT2D eigenvalue weighted by Crippen LogP contribution is 2.30. The molecule has 0 unspecified atom stereocenters. The van der Waals surface area contributed by atoms with Gasteiger partial charge in [-0.15, -0.1) is 5.10 Å². The van der Waals surface area contributed by atoms with Crippen LogP contribution in [0.15, 0.2) is 53.7 Å². The fourth-order valence-corrected chi connectivity index (χ4v) is 3.08. The summed E-state index contributed by atoms with van der Waals surface area (Å²) in [5, 5.41) is 25.1. The van der Waals surface area contributed by atoms with Crippen molar-refractivity contribution in [2.75, 3.05) is 20.0 Å². The molecule has 0 aliphatic heterocycles. The Morgan fingerprint density at radius 2 is 1.97 bits per heavy atom. The molecule has 174 valence electrons. The van der Waals surface area contributed by atoms with Gasteiger partial charge in [-0.25, -0.2) is 4.63 Å². The second kappa shape index (κ2) is 9.20. The molecule has 34 heavy (non-hydrogen) atoms. The molecular weight excluding hydrogens is 444 g/mol. The number of phenolic OH excluding ortho intramolecular Hbond substituents is 1. The fraction of sp³-hybridized carbons (Fsp3) is 0.0952. The number of benzene rings is 2. The van der Waals surface area contributed by atoms with Crippen molar-refractivity contribution in [3.8, 4) is 34.3 Å². The van der Waals surface area contributed by atoms with Crippen molar-refractivity contribution < 1.29 is 24.0 Å². The number of carbonyl (C=O) groups excluding carboxylic acids is 1. The number of ether oxygens (including phenoxy) is 2. The van der Waals surface area contributed by atoms with E-state index in [-0.39, 0.29) is 34.5 Å². The van der Waals surface area contributed by atoms with E-state index in [9.17, 15) is 9.90 Å². The summed E-state index contributed by atoms with van der Waals surface area (Å²) in [5.41, 5.74) is 12.8. The first kappa shape index (κ1) is 22.1. The van der Waals surface area contributed by atoms with E-state index in [1.165, 1.54) is 25.0 Å². The maximum atomic E-state index is 13.1. The van der Waals surface area contributed by atoms with Crippen molar-refractivity contribution in [3.05, 3.63) is 60.3 Å². The molecule has 2 aromatic heterocycles. The van der Waals surface area contributed by atoms with Crippen molar-refractivity contribution in [1.82, 2.24) is 36.2 Å². The molecule has 4 aromatic rings. The maximum absolute atomic E-state index is 13.1. The summed E-state index contributed by atoms with van der Waals surface area (Å²) < 4.78 is 16.3. The molecule has 13 heteroatoms. The van der Waals surface area contributed by atoms with Crippen LogP contribution in [0.4, 0.5) is 5.82 Å². The molecule has 2 aromatic carbocycles. The number of aromatic nitrogens is 5. The Bertz CT molecular complexity index is 1360. The van der Waals surface area contributed by atoms with Gasteiger partial charge < -0.3 is 20.3 Å². The van der Waals surface area contributed by atoms with E-state index in [0.717, 1.165) is 0 Å². The lowest BCUT2D eigenvalue weighted by atomic mass is 10.1. The number of rotatable bonds is 8. The van der Waals surface area contributed by atoms with Crippen LogP contribution < -0.4 is 26.1 Å². The van der Waals surface area contributed by atoms with Crippen LogP contribution in [0.5, 0.6) is 17.2 Å². The smallest absolute Gasteiger partial charge is 0.292 e. The zero-order valence-corrected chi connectivity index (χ0v) is 18.1. The van der Waals surface area contributed by atoms with E-state index in [0.29, 0.717) is 22.6 Å². The molecule has 1 amide bonds. The van der Waals surface area contributed by atoms with Crippen molar-refractivity contribution in [2.45, 2.75) is 0 Å². The highest BCUT2D eigenvalue weighted by molar-refractivity contribution is 5.98. The number of anilines is 1. The Morgan fingerprint density at radius 1 is 1.15 bits per heavy atom. The van der Waals surface area contributed by atoms with E-state index in [2.05, 4.69) is 42.7 Å². The Morgan fingerprint density at radius 3 is 2.68 bits per heavy atom. The Hall–Kier alpha value is -5.07. The lowest BCUT2D eigenvalue weighted by Gasteiger charge is -2.13. The van der Waals surface area contributed by atoms with E-state index < -0.39 is 5.91 Å². The molecule has 5 N–H and O–H groups in total. The van der Waals surface area contributed by atoms with E-state index in [4.69, 9.17) is 15.2 Å². The predicted octanol–water partition coefficient (Wildman–Crippen LogP) is 1.53. The third-order valence-corrected chi connectivity index (χ3v) is 4.78. The summed E-state index contributed by atoms with van der Waals surface area (Å²) in [5.74, 6) is 0.200. The molecular formula is C21H20N8O5. The Kier molecular flexibility index (Phi) is 5.99. The van der Waals surface area contributed by atoms with Crippen LogP contribution in [-0.4, -0.2) is 50.5 Å². The van der Waals surface area contributed by atoms with E-state index in [1.807, 2.05) is 0 Å². The molecule has 0 aliphatic carbocycles. The van der Waals surface area contributed by atoms with Gasteiger partial charge in [0.15, 0.2) is 17.2 Å². The second-order valence-electron chi connectivity index (χ2n) is 6.85. The Balaban J connectivity index is 1.64. The summed E-state index contributed by atoms with van der Waals surface area (Å²) >= 11 is 0. The molecule has 0 saturated heterocycles. The van der Waals surface area contributed by atoms with Crippen LogP contribution in [0.2, 0.25) is 0 Å². The number of nitrogens with one attached hydrogen (secondary N) is 2. The third-order valence-electron chi connectivity index (χ3n) is 4.78. The summed E-state index contributed by atoms with van der Waals surface area (Å²) in [6.45, 7) is 3.89. The minimum Gasteiger partial charge on any atom is -0.504 e. The highest BCUT2D eigenvalue weighted by Gasteiger charge is 2.25. The standard InChI is InChI=1S/C21H20N8O5/c1-11(12-7-8-15(30)16(10-12)33-3)23-25-21(31)17-18(13-5-4-6-14(9-13)32-2)29(28-24-17)20-19(22)26-34-27-20/h4-10,23,30H,1H2,2-3H3,(H2,22,26)(H,25,31). The van der Waals surface area contributed by atoms with Crippen molar-refractivity contribution in [2.24, 2.45) is 0 Å². The largest absolute Gasteiger partial charge is 0.504 e. The van der Waals surface area contributed by atoms with Gasteiger partial charge >= 0.3 is 0 Å². The number of nitrogens with zero attached hydrogens (tertiary/aromatic N) is 5. The minimum atomic E-state index is -0.619. The average Bonchev–Trinajstić information content (AvgIpc) is 3.48. The predicted molar refractivity (Wildman–Crippen MR) is 120 cm³/mol. The molecule has 0 saturated carbocycles. The zero-order valence-electron chi connectivity index (χ0n) is 18.1. The van der Waals surface area contributed by atoms with Gasteiger partial charge in [0.25, 0.3) is 5.91 Å². The second-order valence-corrected chi connectivity index (χ2v) is 6.85. The van der Waals surface area contributed by atoms with E-state index >= 15 is 0 Å². The lowest BCUT2D eigenvalue weighted by molar-refractivity contribution is 0.0938. The van der Waals surface area contributed by atoms with Gasteiger partial charge in [-0.1, -0.05) is 23.9 Å². The molecule has 0 bridgehead atoms. The Labute approximate surface area is 192 Å². The van der Waals surface area contributed by atoms with Crippen LogP contribution in [0.25, 0.3) is 22.8 Å². The SMILES string of the molecule is C=C(NNC(=O)c1nnn(-c2nonc2N)c1-c1cccc(OC)c1)c1ccc(O)c(OC)c1. The van der Waals surface area contributed by atoms with Crippen molar-refractivity contribution in [3.63, 3.8) is 0 Å². The molecule has 0 spiro atoms. The number of nitrogens with two attached hydrogens (primary N) is 1. The summed E-state index contributed by atoms with van der Waals surface area (Å²) in [6.07, 6.45) is 0. The number of amides is 1. The molecule has 0 fully saturated rings. The summed E-state index contributed by atoms with van der Waals surface area (Å²) in [6, 6.07) is 11.6. The first-order valence-corrected chi connectivity index (χ1v) is 9.74. The number of phenols is 1. The molecule has 0 aliphatic rings.